The molecule has 4 rings (SSSR count). The second-order valence-electron chi connectivity index (χ2n) is 8.01. The van der Waals surface area contributed by atoms with Crippen LogP contribution < -0.4 is 5.32 Å². The molecule has 1 amide bonds. The Kier molecular flexibility index (Phi) is 7.47. The van der Waals surface area contributed by atoms with Gasteiger partial charge in [0, 0.05) is 63.8 Å². The third kappa shape index (κ3) is 6.26. The summed E-state index contributed by atoms with van der Waals surface area (Å²) in [5.41, 5.74) is 2.40. The molecule has 6 heteroatoms. The number of amides is 1. The average Bonchev–Trinajstić information content (AvgIpc) is 3.29. The number of hydrogen-bond donors (Lipinski definition) is 1. The number of carbonyl (C=O) groups is 1. The van der Waals surface area contributed by atoms with Crippen LogP contribution in [0.1, 0.15) is 5.56 Å². The number of rotatable bonds is 9. The number of aromatic nitrogens is 2. The van der Waals surface area contributed by atoms with Gasteiger partial charge in [0.15, 0.2) is 0 Å². The van der Waals surface area contributed by atoms with Gasteiger partial charge in [-0.05, 0) is 12.0 Å². The molecule has 0 aliphatic carbocycles. The Labute approximate surface area is 184 Å². The fourth-order valence-electron chi connectivity index (χ4n) is 4.01. The Morgan fingerprint density at radius 3 is 2.29 bits per heavy atom. The van der Waals surface area contributed by atoms with Crippen molar-refractivity contribution in [1.82, 2.24) is 24.7 Å². The van der Waals surface area contributed by atoms with Gasteiger partial charge in [0.1, 0.15) is 5.82 Å². The molecule has 1 aromatic heterocycles. The van der Waals surface area contributed by atoms with Crippen LogP contribution in [-0.4, -0.2) is 71.1 Å². The fourth-order valence-corrected chi connectivity index (χ4v) is 4.01. The summed E-state index contributed by atoms with van der Waals surface area (Å²) in [6.45, 7) is 6.94. The molecule has 2 aromatic carbocycles. The minimum atomic E-state index is 0.121. The number of piperazine rings is 1. The molecule has 31 heavy (non-hydrogen) atoms. The SMILES string of the molecule is O=C(CN1CCN(CCn2ccnc2-c2ccccc2)CC1)NCCc1ccccc1. The second-order valence-corrected chi connectivity index (χ2v) is 8.01. The van der Waals surface area contributed by atoms with E-state index >= 15 is 0 Å². The summed E-state index contributed by atoms with van der Waals surface area (Å²) in [6, 6.07) is 20.6. The van der Waals surface area contributed by atoms with Gasteiger partial charge in [-0.15, -0.1) is 0 Å². The van der Waals surface area contributed by atoms with Crippen LogP contribution in [0.4, 0.5) is 0 Å². The number of nitrogens with zero attached hydrogens (tertiary/aromatic N) is 4. The summed E-state index contributed by atoms with van der Waals surface area (Å²) in [7, 11) is 0. The molecular weight excluding hydrogens is 386 g/mol. The number of benzene rings is 2. The fraction of sp³-hybridized carbons (Fsp3) is 0.360. The van der Waals surface area contributed by atoms with E-state index in [9.17, 15) is 4.79 Å². The van der Waals surface area contributed by atoms with Crippen LogP contribution in [0.2, 0.25) is 0 Å². The number of hydrogen-bond acceptors (Lipinski definition) is 4. The predicted molar refractivity (Wildman–Crippen MR) is 124 cm³/mol. The van der Waals surface area contributed by atoms with Crippen LogP contribution >= 0.6 is 0 Å². The molecule has 3 aromatic rings. The summed E-state index contributed by atoms with van der Waals surface area (Å²) >= 11 is 0. The third-order valence-electron chi connectivity index (χ3n) is 5.82. The molecule has 2 heterocycles. The lowest BCUT2D eigenvalue weighted by atomic mass is 10.1. The Balaban J connectivity index is 1.15. The van der Waals surface area contributed by atoms with Crippen molar-refractivity contribution >= 4 is 5.91 Å². The maximum absolute atomic E-state index is 12.3. The first-order valence-electron chi connectivity index (χ1n) is 11.1. The van der Waals surface area contributed by atoms with Gasteiger partial charge in [-0.1, -0.05) is 60.7 Å². The van der Waals surface area contributed by atoms with Crippen molar-refractivity contribution in [2.75, 3.05) is 45.8 Å². The summed E-state index contributed by atoms with van der Waals surface area (Å²) < 4.78 is 2.22. The molecule has 6 nitrogen and oxygen atoms in total. The predicted octanol–water partition coefficient (Wildman–Crippen LogP) is 2.53. The molecule has 0 atom stereocenters. The van der Waals surface area contributed by atoms with Crippen molar-refractivity contribution in [1.29, 1.82) is 0 Å². The van der Waals surface area contributed by atoms with Crippen molar-refractivity contribution in [2.45, 2.75) is 13.0 Å². The van der Waals surface area contributed by atoms with Gasteiger partial charge in [0.05, 0.1) is 6.54 Å². The highest BCUT2D eigenvalue weighted by Crippen LogP contribution is 2.16. The minimum Gasteiger partial charge on any atom is -0.355 e. The average molecular weight is 418 g/mol. The topological polar surface area (TPSA) is 53.4 Å². The highest BCUT2D eigenvalue weighted by atomic mass is 16.2. The van der Waals surface area contributed by atoms with Crippen LogP contribution in [0.25, 0.3) is 11.4 Å². The van der Waals surface area contributed by atoms with Gasteiger partial charge in [-0.3, -0.25) is 14.6 Å². The van der Waals surface area contributed by atoms with Crippen molar-refractivity contribution in [2.24, 2.45) is 0 Å². The van der Waals surface area contributed by atoms with Crippen LogP contribution in [0.3, 0.4) is 0 Å². The smallest absolute Gasteiger partial charge is 0.234 e. The molecule has 1 aliphatic heterocycles. The summed E-state index contributed by atoms with van der Waals surface area (Å²) in [5, 5.41) is 3.05. The number of nitrogens with one attached hydrogen (secondary N) is 1. The first-order chi connectivity index (χ1) is 15.3. The number of imidazole rings is 1. The van der Waals surface area contributed by atoms with Crippen LogP contribution in [-0.2, 0) is 17.8 Å². The zero-order chi connectivity index (χ0) is 21.3. The van der Waals surface area contributed by atoms with Gasteiger partial charge >= 0.3 is 0 Å². The highest BCUT2D eigenvalue weighted by molar-refractivity contribution is 5.78. The van der Waals surface area contributed by atoms with Crippen LogP contribution in [0.5, 0.6) is 0 Å². The van der Waals surface area contributed by atoms with Crippen LogP contribution in [0, 0.1) is 0 Å². The van der Waals surface area contributed by atoms with E-state index in [2.05, 4.69) is 55.1 Å². The Bertz CT molecular complexity index is 933. The Hall–Kier alpha value is -2.96. The lowest BCUT2D eigenvalue weighted by Gasteiger charge is -2.34. The van der Waals surface area contributed by atoms with Gasteiger partial charge in [0.2, 0.25) is 5.91 Å². The van der Waals surface area contributed by atoms with Gasteiger partial charge < -0.3 is 9.88 Å². The normalized spacial score (nSPS) is 15.1. The van der Waals surface area contributed by atoms with E-state index in [1.807, 2.05) is 42.6 Å². The quantitative estimate of drug-likeness (QED) is 0.581. The third-order valence-corrected chi connectivity index (χ3v) is 5.82. The summed E-state index contributed by atoms with van der Waals surface area (Å²) in [5.74, 6) is 1.14. The molecule has 0 saturated carbocycles. The first-order valence-corrected chi connectivity index (χ1v) is 11.1. The monoisotopic (exact) mass is 417 g/mol. The van der Waals surface area contributed by atoms with E-state index in [4.69, 9.17) is 0 Å². The highest BCUT2D eigenvalue weighted by Gasteiger charge is 2.19. The molecule has 1 saturated heterocycles. The van der Waals surface area contributed by atoms with E-state index in [1.54, 1.807) is 0 Å². The molecule has 0 unspecified atom stereocenters. The molecule has 1 fully saturated rings. The summed E-state index contributed by atoms with van der Waals surface area (Å²) in [4.78, 5) is 21.5. The molecule has 0 spiro atoms. The zero-order valence-electron chi connectivity index (χ0n) is 18.0. The number of carbonyl (C=O) groups excluding carboxylic acids is 1. The molecule has 0 bridgehead atoms. The van der Waals surface area contributed by atoms with Crippen LogP contribution in [0.15, 0.2) is 73.1 Å². The maximum atomic E-state index is 12.3. The summed E-state index contributed by atoms with van der Waals surface area (Å²) in [6.07, 6.45) is 4.80. The van der Waals surface area contributed by atoms with Crippen molar-refractivity contribution in [3.63, 3.8) is 0 Å². The molecular formula is C25H31N5O. The Morgan fingerprint density at radius 1 is 0.871 bits per heavy atom. The standard InChI is InChI=1S/C25H31N5O/c31-24(26-12-11-22-7-3-1-4-8-22)21-29-17-15-28(16-18-29)19-20-30-14-13-27-25(30)23-9-5-2-6-10-23/h1-10,13-14H,11-12,15-21H2,(H,26,31). The lowest BCUT2D eigenvalue weighted by molar-refractivity contribution is -0.122. The molecule has 1 N–H and O–H groups in total. The minimum absolute atomic E-state index is 0.121. The van der Waals surface area contributed by atoms with E-state index in [0.29, 0.717) is 13.1 Å². The van der Waals surface area contributed by atoms with Gasteiger partial charge in [0.25, 0.3) is 0 Å². The maximum Gasteiger partial charge on any atom is 0.234 e. The van der Waals surface area contributed by atoms with E-state index in [0.717, 1.165) is 57.1 Å². The second kappa shape index (κ2) is 10.9. The van der Waals surface area contributed by atoms with Crippen molar-refractivity contribution in [3.8, 4) is 11.4 Å². The molecule has 1 aliphatic rings. The molecule has 0 radical (unpaired) electrons. The van der Waals surface area contributed by atoms with Gasteiger partial charge in [-0.25, -0.2) is 4.98 Å². The first kappa shape index (κ1) is 21.3. The molecule has 162 valence electrons. The van der Waals surface area contributed by atoms with E-state index in [1.165, 1.54) is 5.56 Å². The van der Waals surface area contributed by atoms with Gasteiger partial charge in [-0.2, -0.15) is 0 Å². The van der Waals surface area contributed by atoms with Crippen molar-refractivity contribution < 1.29 is 4.79 Å². The van der Waals surface area contributed by atoms with E-state index < -0.39 is 0 Å². The van der Waals surface area contributed by atoms with Crippen molar-refractivity contribution in [3.05, 3.63) is 78.6 Å². The Morgan fingerprint density at radius 2 is 1.55 bits per heavy atom. The lowest BCUT2D eigenvalue weighted by Crippen LogP contribution is -2.50. The largest absolute Gasteiger partial charge is 0.355 e. The van der Waals surface area contributed by atoms with E-state index in [-0.39, 0.29) is 5.91 Å². The zero-order valence-corrected chi connectivity index (χ0v) is 18.0.